The second-order valence-corrected chi connectivity index (χ2v) is 8.39. The molecule has 1 atom stereocenters. The topological polar surface area (TPSA) is 127 Å². The summed E-state index contributed by atoms with van der Waals surface area (Å²) in [6.45, 7) is 15.1. The van der Waals surface area contributed by atoms with Crippen molar-refractivity contribution in [1.29, 1.82) is 0 Å². The van der Waals surface area contributed by atoms with Gasteiger partial charge in [-0.15, -0.1) is 0 Å². The first-order chi connectivity index (χ1) is 14.2. The Morgan fingerprint density at radius 2 is 1.27 bits per heavy atom. The minimum absolute atomic E-state index is 0.293. The van der Waals surface area contributed by atoms with Crippen molar-refractivity contribution in [3.63, 3.8) is 0 Å². The SMILES string of the molecule is CCC(C)(CC(C)(C)C(=O)OCCNCCNCCNCCNCCN)C(=O)OC. The summed E-state index contributed by atoms with van der Waals surface area (Å²) in [5.41, 5.74) is 3.95. The van der Waals surface area contributed by atoms with Crippen LogP contribution < -0.4 is 27.0 Å². The van der Waals surface area contributed by atoms with Gasteiger partial charge in [0.25, 0.3) is 0 Å². The summed E-state index contributed by atoms with van der Waals surface area (Å²) in [7, 11) is 1.38. The van der Waals surface area contributed by atoms with Crippen LogP contribution in [0, 0.1) is 10.8 Å². The lowest BCUT2D eigenvalue weighted by Gasteiger charge is -2.33. The molecule has 0 aliphatic heterocycles. The lowest BCUT2D eigenvalue weighted by atomic mass is 9.72. The number of methoxy groups -OCH3 is 1. The van der Waals surface area contributed by atoms with Gasteiger partial charge in [-0.1, -0.05) is 6.92 Å². The summed E-state index contributed by atoms with van der Waals surface area (Å²) >= 11 is 0. The van der Waals surface area contributed by atoms with E-state index in [0.717, 1.165) is 45.8 Å². The summed E-state index contributed by atoms with van der Waals surface area (Å²) < 4.78 is 10.3. The highest BCUT2D eigenvalue weighted by Crippen LogP contribution is 2.38. The second-order valence-electron chi connectivity index (χ2n) is 8.39. The first-order valence-corrected chi connectivity index (χ1v) is 11.0. The van der Waals surface area contributed by atoms with E-state index in [9.17, 15) is 9.59 Å². The lowest BCUT2D eigenvalue weighted by Crippen LogP contribution is -2.39. The molecule has 0 amide bonds. The molecule has 0 aliphatic carbocycles. The van der Waals surface area contributed by atoms with Crippen molar-refractivity contribution < 1.29 is 19.1 Å². The van der Waals surface area contributed by atoms with Gasteiger partial charge in [0.15, 0.2) is 0 Å². The fraction of sp³-hybridized carbons (Fsp3) is 0.905. The standard InChI is InChI=1S/C21H45N5O4/c1-6-21(4,19(28)29-5)17-20(2,3)18(27)30-16-15-26-14-13-25-12-11-24-10-9-23-8-7-22/h23-26H,6-17,22H2,1-5H3. The van der Waals surface area contributed by atoms with Gasteiger partial charge in [0.2, 0.25) is 0 Å². The molecule has 0 aromatic heterocycles. The Bertz CT molecular complexity index is 476. The van der Waals surface area contributed by atoms with Crippen molar-refractivity contribution in [2.45, 2.75) is 40.5 Å². The predicted molar refractivity (Wildman–Crippen MR) is 120 cm³/mol. The van der Waals surface area contributed by atoms with Gasteiger partial charge in [-0.2, -0.15) is 0 Å². The predicted octanol–water partition coefficient (Wildman–Crippen LogP) is -0.148. The molecule has 9 heteroatoms. The number of carbonyl (C=O) groups is 2. The number of nitrogens with two attached hydrogens (primary N) is 1. The zero-order chi connectivity index (χ0) is 22.9. The van der Waals surface area contributed by atoms with Crippen molar-refractivity contribution in [2.75, 3.05) is 72.6 Å². The molecular weight excluding hydrogens is 386 g/mol. The molecule has 0 radical (unpaired) electrons. The number of hydrogen-bond acceptors (Lipinski definition) is 9. The molecule has 6 N–H and O–H groups in total. The van der Waals surface area contributed by atoms with Crippen LogP contribution in [0.1, 0.15) is 40.5 Å². The Hall–Kier alpha value is -1.26. The largest absolute Gasteiger partial charge is 0.469 e. The third-order valence-corrected chi connectivity index (χ3v) is 5.11. The van der Waals surface area contributed by atoms with E-state index >= 15 is 0 Å². The van der Waals surface area contributed by atoms with Gasteiger partial charge in [0.1, 0.15) is 6.61 Å². The average Bonchev–Trinajstić information content (AvgIpc) is 2.72. The molecule has 0 aliphatic rings. The summed E-state index contributed by atoms with van der Waals surface area (Å²) in [6, 6.07) is 0. The van der Waals surface area contributed by atoms with Crippen molar-refractivity contribution in [3.05, 3.63) is 0 Å². The highest BCUT2D eigenvalue weighted by Gasteiger charge is 2.42. The average molecular weight is 432 g/mol. The van der Waals surface area contributed by atoms with Crippen LogP contribution >= 0.6 is 0 Å². The number of hydrogen-bond donors (Lipinski definition) is 5. The van der Waals surface area contributed by atoms with E-state index in [0.29, 0.717) is 32.5 Å². The molecule has 0 spiro atoms. The van der Waals surface area contributed by atoms with E-state index in [1.54, 1.807) is 0 Å². The Morgan fingerprint density at radius 3 is 1.70 bits per heavy atom. The van der Waals surface area contributed by atoms with Crippen LogP contribution in [-0.2, 0) is 19.1 Å². The first kappa shape index (κ1) is 28.7. The van der Waals surface area contributed by atoms with E-state index in [-0.39, 0.29) is 11.9 Å². The van der Waals surface area contributed by atoms with E-state index in [1.165, 1.54) is 7.11 Å². The van der Waals surface area contributed by atoms with Crippen LogP contribution in [0.3, 0.4) is 0 Å². The van der Waals surface area contributed by atoms with E-state index < -0.39 is 10.8 Å². The van der Waals surface area contributed by atoms with Gasteiger partial charge in [-0.25, -0.2) is 0 Å². The summed E-state index contributed by atoms with van der Waals surface area (Å²) in [4.78, 5) is 24.5. The monoisotopic (exact) mass is 431 g/mol. The maximum Gasteiger partial charge on any atom is 0.311 e. The van der Waals surface area contributed by atoms with Crippen molar-refractivity contribution >= 4 is 11.9 Å². The molecular formula is C21H45N5O4. The minimum Gasteiger partial charge on any atom is -0.469 e. The minimum atomic E-state index is -0.757. The third kappa shape index (κ3) is 12.4. The molecule has 178 valence electrons. The number of carbonyl (C=O) groups excluding carboxylic acids is 2. The number of ether oxygens (including phenoxy) is 2. The zero-order valence-corrected chi connectivity index (χ0v) is 19.7. The molecule has 0 aromatic rings. The zero-order valence-electron chi connectivity index (χ0n) is 19.7. The van der Waals surface area contributed by atoms with E-state index in [2.05, 4.69) is 21.3 Å². The van der Waals surface area contributed by atoms with Crippen molar-refractivity contribution in [2.24, 2.45) is 16.6 Å². The molecule has 1 unspecified atom stereocenters. The van der Waals surface area contributed by atoms with Crippen LogP contribution in [0.25, 0.3) is 0 Å². The second kappa shape index (κ2) is 16.4. The van der Waals surface area contributed by atoms with Gasteiger partial charge in [0, 0.05) is 58.9 Å². The van der Waals surface area contributed by atoms with Crippen LogP contribution in [-0.4, -0.2) is 84.6 Å². The Kier molecular flexibility index (Phi) is 15.7. The van der Waals surface area contributed by atoms with Gasteiger partial charge < -0.3 is 36.5 Å². The maximum atomic E-state index is 12.5. The van der Waals surface area contributed by atoms with Crippen LogP contribution in [0.4, 0.5) is 0 Å². The fourth-order valence-electron chi connectivity index (χ4n) is 3.18. The van der Waals surface area contributed by atoms with E-state index in [1.807, 2.05) is 27.7 Å². The number of nitrogens with one attached hydrogen (secondary N) is 4. The van der Waals surface area contributed by atoms with Crippen molar-refractivity contribution in [1.82, 2.24) is 21.3 Å². The molecule has 0 bridgehead atoms. The quantitative estimate of drug-likeness (QED) is 0.140. The van der Waals surface area contributed by atoms with Gasteiger partial charge in [-0.05, 0) is 33.6 Å². The summed E-state index contributed by atoms with van der Waals surface area (Å²) in [5.74, 6) is -0.587. The maximum absolute atomic E-state index is 12.5. The Balaban J connectivity index is 3.80. The normalized spacial score (nSPS) is 13.7. The molecule has 0 rings (SSSR count). The molecule has 9 nitrogen and oxygen atoms in total. The smallest absolute Gasteiger partial charge is 0.311 e. The van der Waals surface area contributed by atoms with Crippen LogP contribution in [0.5, 0.6) is 0 Å². The van der Waals surface area contributed by atoms with Crippen LogP contribution in [0.2, 0.25) is 0 Å². The highest BCUT2D eigenvalue weighted by atomic mass is 16.5. The fourth-order valence-corrected chi connectivity index (χ4v) is 3.18. The third-order valence-electron chi connectivity index (χ3n) is 5.11. The van der Waals surface area contributed by atoms with Crippen LogP contribution in [0.15, 0.2) is 0 Å². The lowest BCUT2D eigenvalue weighted by molar-refractivity contribution is -0.161. The molecule has 0 saturated carbocycles. The molecule has 0 fully saturated rings. The Labute approximate surface area is 182 Å². The van der Waals surface area contributed by atoms with Gasteiger partial charge in [0.05, 0.1) is 17.9 Å². The molecule has 0 aromatic carbocycles. The molecule has 0 saturated heterocycles. The number of esters is 2. The molecule has 30 heavy (non-hydrogen) atoms. The van der Waals surface area contributed by atoms with E-state index in [4.69, 9.17) is 15.2 Å². The van der Waals surface area contributed by atoms with Crippen molar-refractivity contribution in [3.8, 4) is 0 Å². The van der Waals surface area contributed by atoms with Gasteiger partial charge >= 0.3 is 11.9 Å². The number of rotatable bonds is 19. The summed E-state index contributed by atoms with van der Waals surface area (Å²) in [5, 5.41) is 13.2. The molecule has 0 heterocycles. The van der Waals surface area contributed by atoms with Gasteiger partial charge in [-0.3, -0.25) is 9.59 Å². The highest BCUT2D eigenvalue weighted by molar-refractivity contribution is 5.80. The summed E-state index contributed by atoms with van der Waals surface area (Å²) in [6.07, 6.45) is 0.988. The first-order valence-electron chi connectivity index (χ1n) is 11.0. The Morgan fingerprint density at radius 1 is 0.800 bits per heavy atom.